The lowest BCUT2D eigenvalue weighted by atomic mass is 10.1. The van der Waals surface area contributed by atoms with E-state index in [2.05, 4.69) is 130 Å². The maximum Gasteiger partial charge on any atom is 0.306 e. The number of unbranched alkanes of at least 4 members (excludes halogenated alkanes) is 35. The summed E-state index contributed by atoms with van der Waals surface area (Å²) in [7, 11) is 0. The third-order valence-electron chi connectivity index (χ3n) is 15.2. The fourth-order valence-corrected chi connectivity index (χ4v) is 9.94. The molecule has 1 unspecified atom stereocenters. The van der Waals surface area contributed by atoms with E-state index in [9.17, 15) is 14.4 Å². The van der Waals surface area contributed by atoms with E-state index >= 15 is 0 Å². The fraction of sp³-hybridized carbons (Fsp3) is 0.727. The van der Waals surface area contributed by atoms with Gasteiger partial charge in [0.15, 0.2) is 6.10 Å². The van der Waals surface area contributed by atoms with Gasteiger partial charge in [-0.2, -0.15) is 0 Å². The normalized spacial score (nSPS) is 12.8. The molecular weight excluding hydrogens is 1020 g/mol. The lowest BCUT2D eigenvalue weighted by Gasteiger charge is -2.18. The molecule has 1 atom stereocenters. The molecule has 6 nitrogen and oxygen atoms in total. The van der Waals surface area contributed by atoms with Crippen molar-refractivity contribution in [2.45, 2.75) is 348 Å². The Morgan fingerprint density at radius 2 is 0.470 bits per heavy atom. The highest BCUT2D eigenvalue weighted by molar-refractivity contribution is 5.71. The number of rotatable bonds is 64. The average Bonchev–Trinajstić information content (AvgIpc) is 3.49. The summed E-state index contributed by atoms with van der Waals surface area (Å²) in [5.41, 5.74) is 0. The SMILES string of the molecule is CC/C=C\C/C=C\C/C=C\C/C=C\C/C=C\CCCCCCCC(=O)OC(COC(=O)CCCCCCCCCC/C=C\C/C=C\C/C=C\CCCCCCC)COC(=O)CCCCCCCCCCC/C=C\CCCCCCCCCC. The van der Waals surface area contributed by atoms with Crippen LogP contribution in [0.15, 0.2) is 109 Å². The molecule has 0 saturated heterocycles. The molecular formula is C77H132O6. The molecule has 0 bridgehead atoms. The number of carbonyl (C=O) groups is 3. The lowest BCUT2D eigenvalue weighted by Crippen LogP contribution is -2.30. The van der Waals surface area contributed by atoms with E-state index < -0.39 is 6.10 Å². The van der Waals surface area contributed by atoms with Crippen LogP contribution in [0, 0.1) is 0 Å². The summed E-state index contributed by atoms with van der Waals surface area (Å²) in [4.78, 5) is 38.5. The van der Waals surface area contributed by atoms with Crippen LogP contribution in [-0.2, 0) is 28.6 Å². The van der Waals surface area contributed by atoms with Crippen molar-refractivity contribution in [3.63, 3.8) is 0 Å². The Kier molecular flexibility index (Phi) is 67.2. The minimum atomic E-state index is -0.797. The summed E-state index contributed by atoms with van der Waals surface area (Å²) in [6, 6.07) is 0. The van der Waals surface area contributed by atoms with Gasteiger partial charge in [0, 0.05) is 19.3 Å². The first-order valence-corrected chi connectivity index (χ1v) is 35.4. The van der Waals surface area contributed by atoms with Gasteiger partial charge in [-0.1, -0.05) is 304 Å². The predicted molar refractivity (Wildman–Crippen MR) is 362 cm³/mol. The molecule has 0 aliphatic rings. The highest BCUT2D eigenvalue weighted by Gasteiger charge is 2.19. The van der Waals surface area contributed by atoms with E-state index in [1.165, 1.54) is 173 Å². The maximum absolute atomic E-state index is 13.0. The molecule has 0 saturated carbocycles. The van der Waals surface area contributed by atoms with Gasteiger partial charge in [0.25, 0.3) is 0 Å². The minimum Gasteiger partial charge on any atom is -0.462 e. The van der Waals surface area contributed by atoms with Crippen molar-refractivity contribution in [2.75, 3.05) is 13.2 Å². The lowest BCUT2D eigenvalue weighted by molar-refractivity contribution is -0.167. The number of allylic oxidation sites excluding steroid dienone is 18. The van der Waals surface area contributed by atoms with Crippen LogP contribution in [-0.4, -0.2) is 37.2 Å². The zero-order valence-electron chi connectivity index (χ0n) is 54.7. The van der Waals surface area contributed by atoms with Crippen LogP contribution >= 0.6 is 0 Å². The largest absolute Gasteiger partial charge is 0.462 e. The highest BCUT2D eigenvalue weighted by Crippen LogP contribution is 2.16. The quantitative estimate of drug-likeness (QED) is 0.0261. The van der Waals surface area contributed by atoms with Crippen LogP contribution in [0.2, 0.25) is 0 Å². The summed E-state index contributed by atoms with van der Waals surface area (Å²) < 4.78 is 17.0. The fourth-order valence-electron chi connectivity index (χ4n) is 9.94. The van der Waals surface area contributed by atoms with Crippen molar-refractivity contribution in [1.82, 2.24) is 0 Å². The van der Waals surface area contributed by atoms with Gasteiger partial charge in [-0.3, -0.25) is 14.4 Å². The van der Waals surface area contributed by atoms with Crippen LogP contribution in [0.3, 0.4) is 0 Å². The van der Waals surface area contributed by atoms with E-state index in [0.29, 0.717) is 19.3 Å². The zero-order valence-corrected chi connectivity index (χ0v) is 54.7. The number of ether oxygens (including phenoxy) is 3. The second-order valence-corrected chi connectivity index (χ2v) is 23.4. The van der Waals surface area contributed by atoms with Crippen LogP contribution in [0.5, 0.6) is 0 Å². The molecule has 0 fully saturated rings. The first-order valence-electron chi connectivity index (χ1n) is 35.4. The van der Waals surface area contributed by atoms with Gasteiger partial charge in [0.2, 0.25) is 0 Å². The van der Waals surface area contributed by atoms with E-state index in [-0.39, 0.29) is 31.1 Å². The van der Waals surface area contributed by atoms with Crippen LogP contribution in [0.4, 0.5) is 0 Å². The third kappa shape index (κ3) is 68.7. The topological polar surface area (TPSA) is 78.9 Å². The molecule has 0 aliphatic heterocycles. The summed E-state index contributed by atoms with van der Waals surface area (Å²) in [5, 5.41) is 0. The van der Waals surface area contributed by atoms with Gasteiger partial charge < -0.3 is 14.2 Å². The Labute approximate surface area is 514 Å². The van der Waals surface area contributed by atoms with Crippen LogP contribution in [0.1, 0.15) is 342 Å². The number of hydrogen-bond acceptors (Lipinski definition) is 6. The smallest absolute Gasteiger partial charge is 0.306 e. The molecule has 0 aliphatic carbocycles. The second kappa shape index (κ2) is 70.6. The Bertz CT molecular complexity index is 1660. The van der Waals surface area contributed by atoms with Crippen molar-refractivity contribution >= 4 is 17.9 Å². The molecule has 476 valence electrons. The van der Waals surface area contributed by atoms with Gasteiger partial charge in [0.1, 0.15) is 13.2 Å². The van der Waals surface area contributed by atoms with E-state index in [4.69, 9.17) is 14.2 Å². The molecule has 0 amide bonds. The Morgan fingerprint density at radius 3 is 0.747 bits per heavy atom. The van der Waals surface area contributed by atoms with Crippen LogP contribution < -0.4 is 0 Å². The summed E-state index contributed by atoms with van der Waals surface area (Å²) in [6.07, 6.45) is 96.7. The summed E-state index contributed by atoms with van der Waals surface area (Å²) in [6.45, 7) is 6.53. The van der Waals surface area contributed by atoms with Gasteiger partial charge >= 0.3 is 17.9 Å². The van der Waals surface area contributed by atoms with E-state index in [0.717, 1.165) is 128 Å². The maximum atomic E-state index is 13.0. The average molecular weight is 1150 g/mol. The molecule has 0 aromatic rings. The zero-order chi connectivity index (χ0) is 59.9. The molecule has 6 heteroatoms. The molecule has 0 rings (SSSR count). The van der Waals surface area contributed by atoms with E-state index in [1.54, 1.807) is 0 Å². The number of carbonyl (C=O) groups excluding carboxylic acids is 3. The van der Waals surface area contributed by atoms with Gasteiger partial charge in [-0.05, 0) is 128 Å². The van der Waals surface area contributed by atoms with Gasteiger partial charge in [-0.15, -0.1) is 0 Å². The summed E-state index contributed by atoms with van der Waals surface area (Å²) in [5.74, 6) is -0.905. The predicted octanol–water partition coefficient (Wildman–Crippen LogP) is 24.6. The third-order valence-corrected chi connectivity index (χ3v) is 15.2. The standard InChI is InChI=1S/C77H132O6/c1-4-7-10-13-16-19-22-25-28-31-34-37-38-41-43-46-49-52-55-58-61-64-67-70-76(79)82-73-74(83-77(80)71-68-65-62-59-56-53-50-47-44-40-36-33-30-27-24-21-18-15-12-9-6-3)72-81-75(78)69-66-63-60-57-54-51-48-45-42-39-35-32-29-26-23-20-17-14-11-8-5-2/h9,12,18,21-22,25,27,30-32,34-36,38,40-41,47,50,74H,4-8,10-11,13-17,19-20,23-24,26,28-29,33,37,39,42-46,48-49,51-73H2,1-3H3/b12-9-,21-18-,25-22-,30-27-,34-31-,35-32-,40-36-,41-38-,50-47-. The highest BCUT2D eigenvalue weighted by atomic mass is 16.6. The summed E-state index contributed by atoms with van der Waals surface area (Å²) >= 11 is 0. The van der Waals surface area contributed by atoms with Crippen molar-refractivity contribution in [1.29, 1.82) is 0 Å². The molecule has 0 aromatic heterocycles. The van der Waals surface area contributed by atoms with Gasteiger partial charge in [-0.25, -0.2) is 0 Å². The molecule has 0 heterocycles. The molecule has 0 radical (unpaired) electrons. The first-order chi connectivity index (χ1) is 41.0. The monoisotopic (exact) mass is 1150 g/mol. The van der Waals surface area contributed by atoms with Crippen molar-refractivity contribution in [3.05, 3.63) is 109 Å². The second-order valence-electron chi connectivity index (χ2n) is 23.4. The van der Waals surface area contributed by atoms with E-state index in [1.807, 2.05) is 0 Å². The van der Waals surface area contributed by atoms with Gasteiger partial charge in [0.05, 0.1) is 0 Å². The molecule has 0 spiro atoms. The van der Waals surface area contributed by atoms with Crippen molar-refractivity contribution in [2.24, 2.45) is 0 Å². The first kappa shape index (κ1) is 79.1. The molecule has 83 heavy (non-hydrogen) atoms. The minimum absolute atomic E-state index is 0.0895. The Hall–Kier alpha value is -3.93. The van der Waals surface area contributed by atoms with Crippen LogP contribution in [0.25, 0.3) is 0 Å². The number of hydrogen-bond donors (Lipinski definition) is 0. The Balaban J connectivity index is 4.44. The van der Waals surface area contributed by atoms with Crippen molar-refractivity contribution < 1.29 is 28.6 Å². The van der Waals surface area contributed by atoms with Crippen molar-refractivity contribution in [3.8, 4) is 0 Å². The number of esters is 3. The molecule has 0 N–H and O–H groups in total. The molecule has 0 aromatic carbocycles. The Morgan fingerprint density at radius 1 is 0.253 bits per heavy atom.